The van der Waals surface area contributed by atoms with Crippen LogP contribution in [0.4, 0.5) is 6.01 Å². The lowest BCUT2D eigenvalue weighted by molar-refractivity contribution is 0.456. The molecule has 1 heterocycles. The summed E-state index contributed by atoms with van der Waals surface area (Å²) in [6.07, 6.45) is 4.33. The van der Waals surface area contributed by atoms with Gasteiger partial charge < -0.3 is 15.5 Å². The number of nitrogens with zero attached hydrogens (tertiary/aromatic N) is 2. The molecule has 5 heteroatoms. The van der Waals surface area contributed by atoms with Crippen molar-refractivity contribution in [2.75, 3.05) is 5.32 Å². The fraction of sp³-hybridized carbons (Fsp3) is 0.818. The summed E-state index contributed by atoms with van der Waals surface area (Å²) in [6.45, 7) is 0.317. The molecule has 4 atom stereocenters. The summed E-state index contributed by atoms with van der Waals surface area (Å²) in [5, 5.41) is 11.2. The highest BCUT2D eigenvalue weighted by Crippen LogP contribution is 2.66. The maximum Gasteiger partial charge on any atom is 0.315 e. The first-order chi connectivity index (χ1) is 7.86. The van der Waals surface area contributed by atoms with Gasteiger partial charge in [-0.3, -0.25) is 0 Å². The van der Waals surface area contributed by atoms with Gasteiger partial charge in [-0.25, -0.2) is 0 Å². The van der Waals surface area contributed by atoms with E-state index >= 15 is 0 Å². The first kappa shape index (κ1) is 8.98. The minimum absolute atomic E-state index is 0.317. The molecule has 0 spiro atoms. The number of nitrogens with two attached hydrogens (primary N) is 1. The third-order valence-electron chi connectivity index (χ3n) is 4.67. The van der Waals surface area contributed by atoms with E-state index in [1.54, 1.807) is 0 Å². The van der Waals surface area contributed by atoms with Crippen LogP contribution in [0.2, 0.25) is 0 Å². The second kappa shape index (κ2) is 2.97. The van der Waals surface area contributed by atoms with E-state index < -0.39 is 0 Å². The molecule has 5 nitrogen and oxygen atoms in total. The molecule has 3 aliphatic carbocycles. The molecule has 3 saturated carbocycles. The van der Waals surface area contributed by atoms with E-state index in [4.69, 9.17) is 10.2 Å². The average molecular weight is 220 g/mol. The summed E-state index contributed by atoms with van der Waals surface area (Å²) in [5.41, 5.74) is 5.43. The largest absolute Gasteiger partial charge is 0.407 e. The van der Waals surface area contributed by atoms with Crippen molar-refractivity contribution in [3.63, 3.8) is 0 Å². The van der Waals surface area contributed by atoms with Crippen molar-refractivity contribution in [3.8, 4) is 0 Å². The van der Waals surface area contributed by atoms with Gasteiger partial charge in [-0.15, -0.1) is 5.10 Å². The molecule has 4 rings (SSSR count). The molecule has 4 unspecified atom stereocenters. The van der Waals surface area contributed by atoms with Crippen molar-refractivity contribution in [1.82, 2.24) is 10.2 Å². The monoisotopic (exact) mass is 220 g/mol. The standard InChI is InChI=1S/C11H16N4O/c12-4-7-14-15-11(16-7)13-10-8-5-1-2-6(3-5)9(8)10/h5-6,8-10H,1-4,12H2,(H,13,15). The smallest absolute Gasteiger partial charge is 0.315 e. The van der Waals surface area contributed by atoms with Crippen LogP contribution in [0.15, 0.2) is 4.42 Å². The van der Waals surface area contributed by atoms with Crippen LogP contribution in [0.3, 0.4) is 0 Å². The number of nitrogens with one attached hydrogen (secondary N) is 1. The Kier molecular flexibility index (Phi) is 1.67. The van der Waals surface area contributed by atoms with Crippen LogP contribution in [0, 0.1) is 23.7 Å². The minimum atomic E-state index is 0.317. The van der Waals surface area contributed by atoms with Gasteiger partial charge in [-0.05, 0) is 42.9 Å². The first-order valence-corrected chi connectivity index (χ1v) is 6.16. The van der Waals surface area contributed by atoms with Crippen LogP contribution >= 0.6 is 0 Å². The van der Waals surface area contributed by atoms with E-state index in [-0.39, 0.29) is 0 Å². The Balaban J connectivity index is 1.46. The lowest BCUT2D eigenvalue weighted by atomic mass is 10.0. The summed E-state index contributed by atoms with van der Waals surface area (Å²) >= 11 is 0. The van der Waals surface area contributed by atoms with Crippen LogP contribution in [0.5, 0.6) is 0 Å². The molecule has 0 amide bonds. The number of fused-ring (bicyclic) bond motifs is 5. The molecule has 1 aromatic heterocycles. The van der Waals surface area contributed by atoms with E-state index in [2.05, 4.69) is 15.5 Å². The molecule has 0 aliphatic heterocycles. The van der Waals surface area contributed by atoms with Gasteiger partial charge in [0.15, 0.2) is 0 Å². The Bertz CT molecular complexity index is 402. The molecular weight excluding hydrogens is 204 g/mol. The van der Waals surface area contributed by atoms with Crippen molar-refractivity contribution in [3.05, 3.63) is 5.89 Å². The molecule has 86 valence electrons. The summed E-state index contributed by atoms with van der Waals surface area (Å²) in [6, 6.07) is 1.15. The molecule has 1 aromatic rings. The molecular formula is C11H16N4O. The summed E-state index contributed by atoms with van der Waals surface area (Å²) in [4.78, 5) is 0. The zero-order chi connectivity index (χ0) is 10.7. The maximum absolute atomic E-state index is 5.43. The van der Waals surface area contributed by atoms with Crippen molar-refractivity contribution in [2.24, 2.45) is 29.4 Å². The predicted octanol–water partition coefficient (Wildman–Crippen LogP) is 0.985. The molecule has 3 aliphatic rings. The van der Waals surface area contributed by atoms with E-state index in [1.807, 2.05) is 0 Å². The molecule has 3 fully saturated rings. The van der Waals surface area contributed by atoms with Gasteiger partial charge in [-0.2, -0.15) is 0 Å². The van der Waals surface area contributed by atoms with Gasteiger partial charge in [0.1, 0.15) is 0 Å². The number of hydrogen-bond donors (Lipinski definition) is 2. The number of anilines is 1. The molecule has 3 N–H and O–H groups in total. The van der Waals surface area contributed by atoms with Gasteiger partial charge in [0.2, 0.25) is 5.89 Å². The average Bonchev–Trinajstić information content (AvgIpc) is 2.75. The zero-order valence-electron chi connectivity index (χ0n) is 9.10. The Hall–Kier alpha value is -1.10. The van der Waals surface area contributed by atoms with E-state index in [0.29, 0.717) is 24.5 Å². The summed E-state index contributed by atoms with van der Waals surface area (Å²) < 4.78 is 5.38. The predicted molar refractivity (Wildman–Crippen MR) is 57.4 cm³/mol. The number of aromatic nitrogens is 2. The quantitative estimate of drug-likeness (QED) is 0.794. The highest BCUT2D eigenvalue weighted by Gasteiger charge is 2.65. The molecule has 0 radical (unpaired) electrons. The van der Waals surface area contributed by atoms with Gasteiger partial charge in [0, 0.05) is 6.04 Å². The SMILES string of the molecule is NCc1nnc(NC2C3C4CCC(C4)C23)o1. The van der Waals surface area contributed by atoms with Crippen LogP contribution in [0.25, 0.3) is 0 Å². The number of hydrogen-bond acceptors (Lipinski definition) is 5. The van der Waals surface area contributed by atoms with Crippen molar-refractivity contribution in [2.45, 2.75) is 31.8 Å². The lowest BCUT2D eigenvalue weighted by Gasteiger charge is -2.07. The molecule has 0 aromatic carbocycles. The van der Waals surface area contributed by atoms with Crippen molar-refractivity contribution in [1.29, 1.82) is 0 Å². The van der Waals surface area contributed by atoms with Gasteiger partial charge in [-0.1, -0.05) is 5.10 Å². The van der Waals surface area contributed by atoms with Crippen LogP contribution < -0.4 is 11.1 Å². The second-order valence-corrected chi connectivity index (χ2v) is 5.36. The van der Waals surface area contributed by atoms with Crippen LogP contribution in [-0.2, 0) is 6.54 Å². The summed E-state index contributed by atoms with van der Waals surface area (Å²) in [7, 11) is 0. The van der Waals surface area contributed by atoms with E-state index in [1.165, 1.54) is 19.3 Å². The van der Waals surface area contributed by atoms with Gasteiger partial charge >= 0.3 is 6.01 Å². The minimum Gasteiger partial charge on any atom is -0.407 e. The second-order valence-electron chi connectivity index (χ2n) is 5.36. The fourth-order valence-corrected chi connectivity index (χ4v) is 4.06. The number of rotatable bonds is 3. The van der Waals surface area contributed by atoms with Gasteiger partial charge in [0.05, 0.1) is 6.54 Å². The normalized spacial score (nSPS) is 43.4. The lowest BCUT2D eigenvalue weighted by Crippen LogP contribution is -2.12. The van der Waals surface area contributed by atoms with E-state index in [0.717, 1.165) is 23.7 Å². The van der Waals surface area contributed by atoms with Crippen LogP contribution in [0.1, 0.15) is 25.2 Å². The van der Waals surface area contributed by atoms with Crippen molar-refractivity contribution >= 4 is 6.01 Å². The Morgan fingerprint density at radius 1 is 1.25 bits per heavy atom. The maximum atomic E-state index is 5.43. The van der Waals surface area contributed by atoms with Crippen LogP contribution in [-0.4, -0.2) is 16.2 Å². The topological polar surface area (TPSA) is 77.0 Å². The van der Waals surface area contributed by atoms with E-state index in [9.17, 15) is 0 Å². The van der Waals surface area contributed by atoms with Gasteiger partial charge in [0.25, 0.3) is 0 Å². The Morgan fingerprint density at radius 3 is 2.62 bits per heavy atom. The zero-order valence-corrected chi connectivity index (χ0v) is 9.10. The Labute approximate surface area is 93.8 Å². The molecule has 16 heavy (non-hydrogen) atoms. The third kappa shape index (κ3) is 1.09. The van der Waals surface area contributed by atoms with Crippen molar-refractivity contribution < 1.29 is 4.42 Å². The summed E-state index contributed by atoms with van der Waals surface area (Å²) in [5.74, 6) is 4.20. The highest BCUT2D eigenvalue weighted by atomic mass is 16.4. The Morgan fingerprint density at radius 2 is 2.00 bits per heavy atom. The fourth-order valence-electron chi connectivity index (χ4n) is 4.06. The first-order valence-electron chi connectivity index (χ1n) is 6.16. The third-order valence-corrected chi connectivity index (χ3v) is 4.67. The highest BCUT2D eigenvalue weighted by molar-refractivity contribution is 5.31. The molecule has 0 saturated heterocycles. The molecule has 2 bridgehead atoms.